The topological polar surface area (TPSA) is 125 Å². The van der Waals surface area contributed by atoms with Crippen LogP contribution in [0.2, 0.25) is 0 Å². The molecule has 0 bridgehead atoms. The Bertz CT molecular complexity index is 1490. The minimum atomic E-state index is -5.08. The summed E-state index contributed by atoms with van der Waals surface area (Å²) in [5, 5.41) is 8.08. The first-order chi connectivity index (χ1) is 19.5. The van der Waals surface area contributed by atoms with E-state index in [1.165, 1.54) is 12.1 Å². The maximum atomic E-state index is 12.7. The van der Waals surface area contributed by atoms with Crippen LogP contribution in [-0.2, 0) is 14.8 Å². The molecule has 1 aromatic heterocycles. The van der Waals surface area contributed by atoms with Crippen LogP contribution in [0.1, 0.15) is 12.8 Å². The fraction of sp³-hybridized carbons (Fsp3) is 0.400. The van der Waals surface area contributed by atoms with E-state index in [4.69, 9.17) is 19.9 Å². The van der Waals surface area contributed by atoms with Gasteiger partial charge < -0.3 is 19.6 Å². The number of anilines is 2. The first kappa shape index (κ1) is 32.7. The zero-order chi connectivity index (χ0) is 31.3. The van der Waals surface area contributed by atoms with E-state index >= 15 is 0 Å². The highest BCUT2D eigenvalue weighted by molar-refractivity contribution is 7.89. The molecule has 4 rings (SSSR count). The van der Waals surface area contributed by atoms with Gasteiger partial charge in [-0.15, -0.1) is 13.2 Å². The molecule has 0 saturated carbocycles. The van der Waals surface area contributed by atoms with Crippen molar-refractivity contribution in [2.75, 3.05) is 43.5 Å². The van der Waals surface area contributed by atoms with E-state index in [1.54, 1.807) is 0 Å². The Morgan fingerprint density at radius 3 is 2.17 bits per heavy atom. The summed E-state index contributed by atoms with van der Waals surface area (Å²) in [6.07, 6.45) is -8.72. The van der Waals surface area contributed by atoms with Gasteiger partial charge in [0.1, 0.15) is 16.5 Å². The largest absolute Gasteiger partial charge is 0.573 e. The lowest BCUT2D eigenvalue weighted by atomic mass is 9.97. The van der Waals surface area contributed by atoms with Crippen LogP contribution in [0.25, 0.3) is 10.9 Å². The minimum absolute atomic E-state index is 0.0190. The fourth-order valence-corrected chi connectivity index (χ4v) is 5.30. The van der Waals surface area contributed by atoms with E-state index in [2.05, 4.69) is 14.4 Å². The third-order valence-corrected chi connectivity index (χ3v) is 7.52. The van der Waals surface area contributed by atoms with Crippen molar-refractivity contribution in [1.29, 1.82) is 0 Å². The van der Waals surface area contributed by atoms with E-state index in [0.29, 0.717) is 31.9 Å². The molecule has 0 aliphatic carbocycles. The number of halogens is 6. The number of hydrogen-bond donors (Lipinski definition) is 2. The van der Waals surface area contributed by atoms with E-state index in [-0.39, 0.29) is 12.5 Å². The third kappa shape index (κ3) is 8.82. The Hall–Kier alpha value is -3.86. The number of benzene rings is 2. The third-order valence-electron chi connectivity index (χ3n) is 6.06. The number of carbonyl (C=O) groups is 1. The van der Waals surface area contributed by atoms with Crippen molar-refractivity contribution in [2.24, 2.45) is 5.92 Å². The number of piperidine rings is 1. The van der Waals surface area contributed by atoms with Crippen molar-refractivity contribution < 1.29 is 49.4 Å². The van der Waals surface area contributed by atoms with Crippen molar-refractivity contribution >= 4 is 38.7 Å². The summed E-state index contributed by atoms with van der Waals surface area (Å²) in [5.74, 6) is -2.06. The van der Waals surface area contributed by atoms with Crippen LogP contribution in [0, 0.1) is 5.92 Å². The molecule has 0 atom stereocenters. The van der Waals surface area contributed by atoms with Crippen LogP contribution in [0.5, 0.6) is 5.75 Å². The van der Waals surface area contributed by atoms with Gasteiger partial charge in [-0.1, -0.05) is 24.3 Å². The number of aromatic nitrogens is 2. The lowest BCUT2D eigenvalue weighted by Gasteiger charge is -2.32. The molecule has 3 aromatic rings. The number of fused-ring (bicyclic) bond motifs is 1. The molecular weight excluding hydrogens is 596 g/mol. The van der Waals surface area contributed by atoms with Gasteiger partial charge in [0.25, 0.3) is 0 Å². The molecule has 1 aliphatic rings. The number of carboxylic acid groups (broad SMARTS) is 1. The summed E-state index contributed by atoms with van der Waals surface area (Å²) < 4.78 is 101. The molecule has 230 valence electrons. The molecule has 2 heterocycles. The van der Waals surface area contributed by atoms with Gasteiger partial charge in [-0.25, -0.2) is 22.9 Å². The molecule has 17 heteroatoms. The number of rotatable bonds is 7. The van der Waals surface area contributed by atoms with E-state index in [9.17, 15) is 34.8 Å². The molecule has 1 aliphatic heterocycles. The van der Waals surface area contributed by atoms with Crippen molar-refractivity contribution in [3.63, 3.8) is 0 Å². The number of ether oxygens (including phenoxy) is 1. The summed E-state index contributed by atoms with van der Waals surface area (Å²) in [5.41, 5.74) is 0.843. The maximum absolute atomic E-state index is 12.7. The van der Waals surface area contributed by atoms with Crippen molar-refractivity contribution in [3.05, 3.63) is 48.5 Å². The van der Waals surface area contributed by atoms with Crippen LogP contribution < -0.4 is 19.3 Å². The zero-order valence-electron chi connectivity index (χ0n) is 22.3. The summed E-state index contributed by atoms with van der Waals surface area (Å²) in [7, 11) is -0.336. The molecule has 10 nitrogen and oxygen atoms in total. The number of hydrogen-bond acceptors (Lipinski definition) is 8. The van der Waals surface area contributed by atoms with Crippen LogP contribution in [-0.4, -0.2) is 75.7 Å². The summed E-state index contributed by atoms with van der Waals surface area (Å²) in [6, 6.07) is 12.5. The van der Waals surface area contributed by atoms with Gasteiger partial charge in [0, 0.05) is 39.1 Å². The lowest BCUT2D eigenvalue weighted by molar-refractivity contribution is -0.275. The van der Waals surface area contributed by atoms with Crippen molar-refractivity contribution in [3.8, 4) is 5.75 Å². The van der Waals surface area contributed by atoms with E-state index < -0.39 is 39.2 Å². The van der Waals surface area contributed by atoms with Crippen LogP contribution in [0.3, 0.4) is 0 Å². The van der Waals surface area contributed by atoms with Crippen LogP contribution >= 0.6 is 0 Å². The highest BCUT2D eigenvalue weighted by Gasteiger charge is 2.38. The number of sulfonamides is 1. The number of nitrogens with one attached hydrogen (secondary N) is 1. The van der Waals surface area contributed by atoms with Crippen molar-refractivity contribution in [1.82, 2.24) is 14.7 Å². The maximum Gasteiger partial charge on any atom is 0.573 e. The summed E-state index contributed by atoms with van der Waals surface area (Å²) >= 11 is 0. The van der Waals surface area contributed by atoms with E-state index in [1.807, 2.05) is 43.3 Å². The molecule has 1 fully saturated rings. The molecule has 0 amide bonds. The van der Waals surface area contributed by atoms with Gasteiger partial charge >= 0.3 is 18.5 Å². The molecule has 42 heavy (non-hydrogen) atoms. The number of nitrogens with zero attached hydrogens (tertiary/aromatic N) is 4. The average molecular weight is 624 g/mol. The van der Waals surface area contributed by atoms with Gasteiger partial charge in [0.2, 0.25) is 16.0 Å². The number of carboxylic acids is 1. The van der Waals surface area contributed by atoms with Gasteiger partial charge in [-0.2, -0.15) is 18.2 Å². The molecule has 2 N–H and O–H groups in total. The SMILES string of the molecule is CN(C)c1nc(N2CCC(CNS(=O)(=O)c3ccccc3OC(F)(F)F)CC2)nc2ccccc12.O=C(O)C(F)(F)F. The smallest absolute Gasteiger partial charge is 0.475 e. The molecule has 0 unspecified atom stereocenters. The second-order valence-corrected chi connectivity index (χ2v) is 11.1. The predicted molar refractivity (Wildman–Crippen MR) is 141 cm³/mol. The standard InChI is InChI=1S/C23H26F3N5O3S.C2HF3O2/c1-30(2)21-17-7-3-4-8-18(17)28-22(29-21)31-13-11-16(12-14-31)15-27-35(32,33)20-10-6-5-9-19(20)34-23(24,25)26;3-2(4,5)1(6)7/h3-10,16,27H,11-15H2,1-2H3;(H,6,7). The summed E-state index contributed by atoms with van der Waals surface area (Å²) in [4.78, 5) is 21.8. The average Bonchev–Trinajstić information content (AvgIpc) is 2.90. The number of para-hydroxylation sites is 2. The Balaban J connectivity index is 0.000000616. The first-order valence-electron chi connectivity index (χ1n) is 12.3. The molecule has 0 spiro atoms. The monoisotopic (exact) mass is 623 g/mol. The van der Waals surface area contributed by atoms with Crippen molar-refractivity contribution in [2.45, 2.75) is 30.3 Å². The highest BCUT2D eigenvalue weighted by Crippen LogP contribution is 2.30. The Kier molecular flexibility index (Phi) is 10.1. The van der Waals surface area contributed by atoms with Gasteiger partial charge in [-0.05, 0) is 43.0 Å². The Labute approximate surface area is 237 Å². The van der Waals surface area contributed by atoms with Gasteiger partial charge in [-0.3, -0.25) is 0 Å². The lowest BCUT2D eigenvalue weighted by Crippen LogP contribution is -2.39. The molecule has 2 aromatic carbocycles. The van der Waals surface area contributed by atoms with Gasteiger partial charge in [0.15, 0.2) is 0 Å². The first-order valence-corrected chi connectivity index (χ1v) is 13.8. The molecule has 0 radical (unpaired) electrons. The van der Waals surface area contributed by atoms with E-state index in [0.717, 1.165) is 28.9 Å². The Morgan fingerprint density at radius 1 is 1.02 bits per heavy atom. The Morgan fingerprint density at radius 2 is 1.60 bits per heavy atom. The quantitative estimate of drug-likeness (QED) is 0.368. The second kappa shape index (κ2) is 13.0. The number of aliphatic carboxylic acids is 1. The zero-order valence-corrected chi connectivity index (χ0v) is 23.1. The number of alkyl halides is 6. The second-order valence-electron chi connectivity index (χ2n) is 9.34. The van der Waals surface area contributed by atoms with Crippen LogP contribution in [0.4, 0.5) is 38.1 Å². The normalized spacial score (nSPS) is 14.7. The van der Waals surface area contributed by atoms with Gasteiger partial charge in [0.05, 0.1) is 5.52 Å². The summed E-state index contributed by atoms with van der Waals surface area (Å²) in [6.45, 7) is 1.37. The minimum Gasteiger partial charge on any atom is -0.475 e. The molecular formula is C25H27F6N5O5S. The predicted octanol–water partition coefficient (Wildman–Crippen LogP) is 4.42. The van der Waals surface area contributed by atoms with Crippen LogP contribution in [0.15, 0.2) is 53.4 Å². The molecule has 1 saturated heterocycles. The highest BCUT2D eigenvalue weighted by atomic mass is 32.2. The fourth-order valence-electron chi connectivity index (χ4n) is 4.05.